The molecule has 0 spiro atoms. The van der Waals surface area contributed by atoms with Crippen LogP contribution in [0, 0.1) is 17.6 Å². The van der Waals surface area contributed by atoms with Crippen LogP contribution in [0.3, 0.4) is 0 Å². The Kier molecular flexibility index (Phi) is 5.92. The Balaban J connectivity index is 2.44. The first-order valence-corrected chi connectivity index (χ1v) is 6.18. The van der Waals surface area contributed by atoms with Gasteiger partial charge in [0.2, 0.25) is 0 Å². The lowest BCUT2D eigenvalue weighted by Crippen LogP contribution is -2.09. The normalized spacial score (nSPS) is 12.4. The summed E-state index contributed by atoms with van der Waals surface area (Å²) in [6.07, 6.45) is 2.18. The first kappa shape index (κ1) is 14.8. The summed E-state index contributed by atoms with van der Waals surface area (Å²) in [5, 5.41) is 0. The van der Waals surface area contributed by atoms with Crippen molar-refractivity contribution in [3.8, 4) is 0 Å². The maximum atomic E-state index is 12.9. The van der Waals surface area contributed by atoms with Gasteiger partial charge in [-0.15, -0.1) is 0 Å². The van der Waals surface area contributed by atoms with Gasteiger partial charge >= 0.3 is 0 Å². The maximum absolute atomic E-state index is 12.9. The standard InChI is InChI=1S/C14H19F2NO/c1-10(4-5-17)2-3-14(18)8-11-6-12(15)9-13(16)7-11/h6-7,9-10H,2-5,8,17H2,1H3. The average molecular weight is 255 g/mol. The van der Waals surface area contributed by atoms with Crippen molar-refractivity contribution in [2.24, 2.45) is 11.7 Å². The zero-order valence-electron chi connectivity index (χ0n) is 10.6. The molecule has 0 aliphatic heterocycles. The lowest BCUT2D eigenvalue weighted by molar-refractivity contribution is -0.118. The van der Waals surface area contributed by atoms with E-state index in [1.807, 2.05) is 6.92 Å². The van der Waals surface area contributed by atoms with Crippen molar-refractivity contribution in [3.05, 3.63) is 35.4 Å². The summed E-state index contributed by atoms with van der Waals surface area (Å²) in [6, 6.07) is 3.20. The Morgan fingerprint density at radius 1 is 1.22 bits per heavy atom. The molecular weight excluding hydrogens is 236 g/mol. The minimum atomic E-state index is -0.644. The Morgan fingerprint density at radius 2 is 1.83 bits per heavy atom. The van der Waals surface area contributed by atoms with Crippen molar-refractivity contribution in [2.75, 3.05) is 6.54 Å². The molecule has 0 fully saturated rings. The fourth-order valence-corrected chi connectivity index (χ4v) is 1.87. The van der Waals surface area contributed by atoms with E-state index in [2.05, 4.69) is 0 Å². The Labute approximate surface area is 106 Å². The number of rotatable bonds is 7. The number of halogens is 2. The van der Waals surface area contributed by atoms with E-state index >= 15 is 0 Å². The molecule has 0 saturated heterocycles. The molecular formula is C14H19F2NO. The third-order valence-corrected chi connectivity index (χ3v) is 2.90. The van der Waals surface area contributed by atoms with Crippen LogP contribution in [0.4, 0.5) is 8.78 Å². The van der Waals surface area contributed by atoms with E-state index in [0.717, 1.165) is 18.9 Å². The predicted octanol–water partition coefficient (Wildman–Crippen LogP) is 2.84. The lowest BCUT2D eigenvalue weighted by Gasteiger charge is -2.08. The summed E-state index contributed by atoms with van der Waals surface area (Å²) in [5.74, 6) is -0.879. The number of carbonyl (C=O) groups excluding carboxylic acids is 1. The Hall–Kier alpha value is -1.29. The second kappa shape index (κ2) is 7.21. The van der Waals surface area contributed by atoms with Gasteiger partial charge in [-0.1, -0.05) is 6.92 Å². The number of hydrogen-bond acceptors (Lipinski definition) is 2. The molecule has 0 bridgehead atoms. The Bertz CT molecular complexity index is 387. The summed E-state index contributed by atoms with van der Waals surface area (Å²) >= 11 is 0. The fourth-order valence-electron chi connectivity index (χ4n) is 1.87. The zero-order chi connectivity index (χ0) is 13.5. The van der Waals surface area contributed by atoms with Crippen molar-refractivity contribution in [3.63, 3.8) is 0 Å². The van der Waals surface area contributed by atoms with Gasteiger partial charge in [-0.05, 0) is 43.0 Å². The lowest BCUT2D eigenvalue weighted by atomic mass is 9.98. The van der Waals surface area contributed by atoms with E-state index in [1.165, 1.54) is 12.1 Å². The molecule has 1 unspecified atom stereocenters. The van der Waals surface area contributed by atoms with Gasteiger partial charge < -0.3 is 5.73 Å². The van der Waals surface area contributed by atoms with Crippen LogP contribution in [0.2, 0.25) is 0 Å². The molecule has 0 aliphatic carbocycles. The molecule has 2 nitrogen and oxygen atoms in total. The Morgan fingerprint density at radius 3 is 2.39 bits per heavy atom. The second-order valence-corrected chi connectivity index (χ2v) is 4.71. The molecule has 0 aromatic heterocycles. The SMILES string of the molecule is CC(CCN)CCC(=O)Cc1cc(F)cc(F)c1. The van der Waals surface area contributed by atoms with Crippen molar-refractivity contribution in [1.82, 2.24) is 0 Å². The van der Waals surface area contributed by atoms with Crippen LogP contribution in [0.1, 0.15) is 31.7 Å². The summed E-state index contributed by atoms with van der Waals surface area (Å²) in [4.78, 5) is 11.7. The molecule has 0 aliphatic rings. The van der Waals surface area contributed by atoms with Gasteiger partial charge in [0, 0.05) is 18.9 Å². The third kappa shape index (κ3) is 5.36. The summed E-state index contributed by atoms with van der Waals surface area (Å²) < 4.78 is 25.9. The maximum Gasteiger partial charge on any atom is 0.137 e. The quantitative estimate of drug-likeness (QED) is 0.814. The van der Waals surface area contributed by atoms with E-state index in [1.54, 1.807) is 0 Å². The smallest absolute Gasteiger partial charge is 0.137 e. The van der Waals surface area contributed by atoms with Crippen LogP contribution in [0.15, 0.2) is 18.2 Å². The number of nitrogens with two attached hydrogens (primary N) is 1. The van der Waals surface area contributed by atoms with Gasteiger partial charge in [0.05, 0.1) is 0 Å². The molecule has 18 heavy (non-hydrogen) atoms. The molecule has 1 atom stereocenters. The predicted molar refractivity (Wildman–Crippen MR) is 67.1 cm³/mol. The van der Waals surface area contributed by atoms with Crippen molar-refractivity contribution in [1.29, 1.82) is 0 Å². The zero-order valence-corrected chi connectivity index (χ0v) is 10.6. The second-order valence-electron chi connectivity index (χ2n) is 4.71. The van der Waals surface area contributed by atoms with Crippen LogP contribution >= 0.6 is 0 Å². The highest BCUT2D eigenvalue weighted by Gasteiger charge is 2.09. The van der Waals surface area contributed by atoms with Gasteiger partial charge in [-0.2, -0.15) is 0 Å². The molecule has 1 aromatic carbocycles. The summed E-state index contributed by atoms with van der Waals surface area (Å²) in [7, 11) is 0. The molecule has 1 rings (SSSR count). The van der Waals surface area contributed by atoms with Crippen molar-refractivity contribution < 1.29 is 13.6 Å². The topological polar surface area (TPSA) is 43.1 Å². The minimum absolute atomic E-state index is 0.00358. The number of carbonyl (C=O) groups is 1. The molecule has 2 N–H and O–H groups in total. The largest absolute Gasteiger partial charge is 0.330 e. The van der Waals surface area contributed by atoms with Crippen LogP contribution < -0.4 is 5.73 Å². The molecule has 100 valence electrons. The average Bonchev–Trinajstić information content (AvgIpc) is 2.25. The third-order valence-electron chi connectivity index (χ3n) is 2.90. The van der Waals surface area contributed by atoms with Crippen LogP contribution in [0.5, 0.6) is 0 Å². The van der Waals surface area contributed by atoms with E-state index in [4.69, 9.17) is 5.73 Å². The van der Waals surface area contributed by atoms with Crippen molar-refractivity contribution in [2.45, 2.75) is 32.6 Å². The number of benzene rings is 1. The number of ketones is 1. The monoisotopic (exact) mass is 255 g/mol. The van der Waals surface area contributed by atoms with E-state index in [9.17, 15) is 13.6 Å². The molecule has 0 radical (unpaired) electrons. The number of hydrogen-bond donors (Lipinski definition) is 1. The molecule has 4 heteroatoms. The summed E-state index contributed by atoms with van der Waals surface area (Å²) in [6.45, 7) is 2.66. The van der Waals surface area contributed by atoms with Crippen LogP contribution in [-0.4, -0.2) is 12.3 Å². The molecule has 0 heterocycles. The van der Waals surface area contributed by atoms with E-state index < -0.39 is 11.6 Å². The van der Waals surface area contributed by atoms with E-state index in [0.29, 0.717) is 24.4 Å². The van der Waals surface area contributed by atoms with Gasteiger partial charge in [-0.25, -0.2) is 8.78 Å². The van der Waals surface area contributed by atoms with Crippen LogP contribution in [-0.2, 0) is 11.2 Å². The molecule has 1 aromatic rings. The van der Waals surface area contributed by atoms with Crippen molar-refractivity contribution >= 4 is 5.78 Å². The first-order chi connectivity index (χ1) is 8.51. The minimum Gasteiger partial charge on any atom is -0.330 e. The summed E-state index contributed by atoms with van der Waals surface area (Å²) in [5.41, 5.74) is 5.82. The van der Waals surface area contributed by atoms with Gasteiger partial charge in [0.25, 0.3) is 0 Å². The fraction of sp³-hybridized carbons (Fsp3) is 0.500. The van der Waals surface area contributed by atoms with E-state index in [-0.39, 0.29) is 12.2 Å². The van der Waals surface area contributed by atoms with Gasteiger partial charge in [-0.3, -0.25) is 4.79 Å². The van der Waals surface area contributed by atoms with Gasteiger partial charge in [0.15, 0.2) is 0 Å². The van der Waals surface area contributed by atoms with Gasteiger partial charge in [0.1, 0.15) is 17.4 Å². The highest BCUT2D eigenvalue weighted by molar-refractivity contribution is 5.80. The number of Topliss-reactive ketones (excluding diaryl/α,β-unsaturated/α-hetero) is 1. The molecule has 0 amide bonds. The highest BCUT2D eigenvalue weighted by atomic mass is 19.1. The molecule has 0 saturated carbocycles. The highest BCUT2D eigenvalue weighted by Crippen LogP contribution is 2.13. The van der Waals surface area contributed by atoms with Crippen LogP contribution in [0.25, 0.3) is 0 Å². The first-order valence-electron chi connectivity index (χ1n) is 6.18.